The van der Waals surface area contributed by atoms with Crippen LogP contribution in [0.5, 0.6) is 5.75 Å². The Balaban J connectivity index is 1.83. The van der Waals surface area contributed by atoms with E-state index < -0.39 is 0 Å². The standard InChI is InChI=1S/C16H12N2O2S/c19-13-8-4-7-12(10-13)17-16-18-15(20)14(21-16)9-11-5-2-1-3-6-11/h1-10,19H,(H,17,18,20)/b14-9-. The fourth-order valence-electron chi connectivity index (χ4n) is 1.86. The number of amidine groups is 1. The van der Waals surface area contributed by atoms with Crippen molar-refractivity contribution in [3.8, 4) is 5.75 Å². The highest BCUT2D eigenvalue weighted by atomic mass is 32.2. The van der Waals surface area contributed by atoms with Crippen LogP contribution in [0.2, 0.25) is 0 Å². The minimum atomic E-state index is -0.164. The molecule has 21 heavy (non-hydrogen) atoms. The molecule has 4 nitrogen and oxygen atoms in total. The van der Waals surface area contributed by atoms with Gasteiger partial charge in [0.05, 0.1) is 10.6 Å². The van der Waals surface area contributed by atoms with E-state index in [9.17, 15) is 9.90 Å². The molecule has 0 saturated carbocycles. The first kappa shape index (κ1) is 13.5. The first-order valence-electron chi connectivity index (χ1n) is 6.34. The zero-order valence-electron chi connectivity index (χ0n) is 11.0. The van der Waals surface area contributed by atoms with Gasteiger partial charge in [0.1, 0.15) is 5.75 Å². The molecule has 0 aliphatic carbocycles. The fraction of sp³-hybridized carbons (Fsp3) is 0. The smallest absolute Gasteiger partial charge is 0.264 e. The van der Waals surface area contributed by atoms with Gasteiger partial charge >= 0.3 is 0 Å². The first-order chi connectivity index (χ1) is 10.2. The second-order valence-corrected chi connectivity index (χ2v) is 5.44. The molecule has 1 amide bonds. The molecule has 104 valence electrons. The van der Waals surface area contributed by atoms with E-state index in [4.69, 9.17) is 0 Å². The molecule has 0 unspecified atom stereocenters. The van der Waals surface area contributed by atoms with Crippen LogP contribution in [-0.2, 0) is 4.79 Å². The molecule has 3 rings (SSSR count). The van der Waals surface area contributed by atoms with Crippen molar-refractivity contribution in [1.82, 2.24) is 5.32 Å². The number of phenolic OH excluding ortho intramolecular Hbond substituents is 1. The number of thioether (sulfide) groups is 1. The molecule has 0 spiro atoms. The molecule has 0 radical (unpaired) electrons. The molecule has 0 bridgehead atoms. The van der Waals surface area contributed by atoms with Crippen LogP contribution in [0.25, 0.3) is 6.08 Å². The molecular formula is C16H12N2O2S. The Bertz CT molecular complexity index is 739. The van der Waals surface area contributed by atoms with Crippen LogP contribution in [0.4, 0.5) is 5.69 Å². The van der Waals surface area contributed by atoms with Crippen LogP contribution in [0.1, 0.15) is 5.56 Å². The fourth-order valence-corrected chi connectivity index (χ4v) is 2.70. The van der Waals surface area contributed by atoms with Crippen molar-refractivity contribution in [1.29, 1.82) is 0 Å². The zero-order valence-corrected chi connectivity index (χ0v) is 11.8. The second-order valence-electron chi connectivity index (χ2n) is 4.41. The summed E-state index contributed by atoms with van der Waals surface area (Å²) in [5.74, 6) is -0.0195. The molecule has 0 atom stereocenters. The van der Waals surface area contributed by atoms with Crippen molar-refractivity contribution in [2.45, 2.75) is 0 Å². The Hall–Kier alpha value is -2.53. The van der Waals surface area contributed by atoms with Crippen LogP contribution < -0.4 is 5.32 Å². The van der Waals surface area contributed by atoms with Crippen molar-refractivity contribution in [3.05, 3.63) is 65.1 Å². The summed E-state index contributed by atoms with van der Waals surface area (Å²) in [6.45, 7) is 0. The third-order valence-corrected chi connectivity index (χ3v) is 3.72. The number of carbonyl (C=O) groups is 1. The average molecular weight is 296 g/mol. The second kappa shape index (κ2) is 5.85. The first-order valence-corrected chi connectivity index (χ1v) is 7.16. The molecule has 2 aromatic carbocycles. The van der Waals surface area contributed by atoms with Crippen LogP contribution >= 0.6 is 11.8 Å². The third kappa shape index (κ3) is 3.32. The third-order valence-electron chi connectivity index (χ3n) is 2.81. The quantitative estimate of drug-likeness (QED) is 0.836. The molecule has 2 N–H and O–H groups in total. The van der Waals surface area contributed by atoms with Crippen molar-refractivity contribution < 1.29 is 9.90 Å². The van der Waals surface area contributed by atoms with Crippen molar-refractivity contribution >= 4 is 34.6 Å². The summed E-state index contributed by atoms with van der Waals surface area (Å²) in [6, 6.07) is 16.2. The maximum atomic E-state index is 11.9. The maximum Gasteiger partial charge on any atom is 0.264 e. The van der Waals surface area contributed by atoms with Gasteiger partial charge in [0.25, 0.3) is 5.91 Å². The number of rotatable bonds is 2. The van der Waals surface area contributed by atoms with Gasteiger partial charge in [0, 0.05) is 6.07 Å². The lowest BCUT2D eigenvalue weighted by Crippen LogP contribution is -2.19. The van der Waals surface area contributed by atoms with Crippen LogP contribution in [0.15, 0.2) is 64.5 Å². The lowest BCUT2D eigenvalue weighted by atomic mass is 10.2. The molecule has 1 aliphatic rings. The Kier molecular flexibility index (Phi) is 3.75. The van der Waals surface area contributed by atoms with Gasteiger partial charge in [0.15, 0.2) is 5.17 Å². The summed E-state index contributed by atoms with van der Waals surface area (Å²) < 4.78 is 0. The van der Waals surface area contributed by atoms with E-state index in [0.29, 0.717) is 15.8 Å². The van der Waals surface area contributed by atoms with Crippen LogP contribution in [0.3, 0.4) is 0 Å². The van der Waals surface area contributed by atoms with E-state index in [1.54, 1.807) is 24.3 Å². The molecular weight excluding hydrogens is 284 g/mol. The Morgan fingerprint density at radius 2 is 1.90 bits per heavy atom. The zero-order chi connectivity index (χ0) is 14.7. The van der Waals surface area contributed by atoms with E-state index in [-0.39, 0.29) is 11.7 Å². The van der Waals surface area contributed by atoms with E-state index in [2.05, 4.69) is 10.3 Å². The number of phenols is 1. The van der Waals surface area contributed by atoms with Crippen molar-refractivity contribution in [3.63, 3.8) is 0 Å². The van der Waals surface area contributed by atoms with Gasteiger partial charge in [-0.05, 0) is 35.5 Å². The predicted octanol–water partition coefficient (Wildman–Crippen LogP) is 3.28. The molecule has 1 fully saturated rings. The molecule has 1 heterocycles. The maximum absolute atomic E-state index is 11.9. The number of aromatic hydroxyl groups is 1. The monoisotopic (exact) mass is 296 g/mol. The molecule has 0 aromatic heterocycles. The highest BCUT2D eigenvalue weighted by Crippen LogP contribution is 2.28. The number of hydrogen-bond donors (Lipinski definition) is 2. The lowest BCUT2D eigenvalue weighted by Gasteiger charge is -1.96. The number of aliphatic imine (C=N–C) groups is 1. The lowest BCUT2D eigenvalue weighted by molar-refractivity contribution is -0.115. The largest absolute Gasteiger partial charge is 0.508 e. The van der Waals surface area contributed by atoms with Gasteiger partial charge in [0.2, 0.25) is 0 Å². The summed E-state index contributed by atoms with van der Waals surface area (Å²) in [7, 11) is 0. The Morgan fingerprint density at radius 3 is 2.67 bits per heavy atom. The predicted molar refractivity (Wildman–Crippen MR) is 85.4 cm³/mol. The van der Waals surface area contributed by atoms with E-state index >= 15 is 0 Å². The Labute approximate surface area is 126 Å². The van der Waals surface area contributed by atoms with E-state index in [1.807, 2.05) is 36.4 Å². The van der Waals surface area contributed by atoms with E-state index in [1.165, 1.54) is 11.8 Å². The molecule has 1 aliphatic heterocycles. The minimum absolute atomic E-state index is 0.145. The van der Waals surface area contributed by atoms with Crippen LogP contribution in [0, 0.1) is 0 Å². The topological polar surface area (TPSA) is 61.7 Å². The van der Waals surface area contributed by atoms with Crippen molar-refractivity contribution in [2.24, 2.45) is 4.99 Å². The summed E-state index contributed by atoms with van der Waals surface area (Å²) in [5.41, 5.74) is 1.56. The highest BCUT2D eigenvalue weighted by Gasteiger charge is 2.23. The number of carbonyl (C=O) groups excluding carboxylic acids is 1. The normalized spacial score (nSPS) is 18.2. The van der Waals surface area contributed by atoms with Gasteiger partial charge in [-0.25, -0.2) is 4.99 Å². The summed E-state index contributed by atoms with van der Waals surface area (Å²) in [5, 5.41) is 12.6. The van der Waals surface area contributed by atoms with Crippen molar-refractivity contribution in [2.75, 3.05) is 0 Å². The number of benzene rings is 2. The van der Waals surface area contributed by atoms with E-state index in [0.717, 1.165) is 5.56 Å². The molecule has 2 aromatic rings. The number of hydrogen-bond acceptors (Lipinski definition) is 4. The van der Waals surface area contributed by atoms with Gasteiger partial charge < -0.3 is 10.4 Å². The Morgan fingerprint density at radius 1 is 1.10 bits per heavy atom. The van der Waals surface area contributed by atoms with Gasteiger partial charge in [-0.15, -0.1) is 0 Å². The molecule has 1 saturated heterocycles. The van der Waals surface area contributed by atoms with Gasteiger partial charge in [-0.1, -0.05) is 36.4 Å². The van der Waals surface area contributed by atoms with Gasteiger partial charge in [-0.2, -0.15) is 0 Å². The summed E-state index contributed by atoms with van der Waals surface area (Å²) >= 11 is 1.28. The number of nitrogens with one attached hydrogen (secondary N) is 1. The number of amides is 1. The van der Waals surface area contributed by atoms with Crippen LogP contribution in [-0.4, -0.2) is 16.2 Å². The molecule has 5 heteroatoms. The highest BCUT2D eigenvalue weighted by molar-refractivity contribution is 8.18. The summed E-state index contributed by atoms with van der Waals surface area (Å²) in [6.07, 6.45) is 1.82. The average Bonchev–Trinajstić information content (AvgIpc) is 2.80. The minimum Gasteiger partial charge on any atom is -0.508 e. The SMILES string of the molecule is O=C1NC(=Nc2cccc(O)c2)S/C1=C\c1ccccc1. The number of nitrogens with zero attached hydrogens (tertiary/aromatic N) is 1. The van der Waals surface area contributed by atoms with Gasteiger partial charge in [-0.3, -0.25) is 4.79 Å². The summed E-state index contributed by atoms with van der Waals surface area (Å²) in [4.78, 5) is 16.8.